The molecule has 0 aliphatic rings. The molecule has 8 aromatic rings. The van der Waals surface area contributed by atoms with Gasteiger partial charge in [0.15, 0.2) is 0 Å². The molecule has 0 spiro atoms. The standard InChI is InChI=1S/C37H35N2O.C16H18N.Ir/c1-22-17-26(20-37(5,6)7)12-15-28(22)27-13-16-29(23(2)18-27)33-19-34(38-21-24(33)3)32-10-8-9-30-31-14-11-25(4)39-36(31)40-35(30)32;1-12-5-7-13(8-6-12)15-10-9-14(11-17-15)16(2,3)4;/h8-9,11-19,21H,20H2,1-7H3;5-7,9-11H,1-4H3;/q2*-1;/i1D3,2D3,3D3,4D3,20D2;1D3;. The van der Waals surface area contributed by atoms with Gasteiger partial charge in [-0.1, -0.05) is 114 Å². The van der Waals surface area contributed by atoms with E-state index in [4.69, 9.17) is 27.7 Å². The minimum absolute atomic E-state index is 0. The van der Waals surface area contributed by atoms with Crippen LogP contribution in [0.5, 0.6) is 0 Å². The molecule has 4 aromatic carbocycles. The van der Waals surface area contributed by atoms with Crippen molar-refractivity contribution in [1.82, 2.24) is 15.0 Å². The first kappa shape index (κ1) is 25.3. The fourth-order valence-corrected chi connectivity index (χ4v) is 6.46. The van der Waals surface area contributed by atoms with E-state index in [1.807, 2.05) is 18.3 Å². The quantitative estimate of drug-likeness (QED) is 0.161. The molecule has 0 saturated carbocycles. The van der Waals surface area contributed by atoms with Crippen LogP contribution in [0.4, 0.5) is 0 Å². The van der Waals surface area contributed by atoms with Crippen molar-refractivity contribution in [3.05, 3.63) is 161 Å². The van der Waals surface area contributed by atoms with Gasteiger partial charge in [-0.15, -0.1) is 53.6 Å². The molecule has 4 aromatic heterocycles. The van der Waals surface area contributed by atoms with Crippen molar-refractivity contribution >= 4 is 22.1 Å². The van der Waals surface area contributed by atoms with Gasteiger partial charge >= 0.3 is 0 Å². The topological polar surface area (TPSA) is 51.8 Å². The zero-order chi connectivity index (χ0) is 54.9. The van der Waals surface area contributed by atoms with Gasteiger partial charge in [-0.05, 0) is 118 Å². The van der Waals surface area contributed by atoms with E-state index in [9.17, 15) is 0 Å². The van der Waals surface area contributed by atoms with Crippen molar-refractivity contribution < 1.29 is 47.8 Å². The molecule has 58 heavy (non-hydrogen) atoms. The Bertz CT molecular complexity index is 3300. The van der Waals surface area contributed by atoms with Gasteiger partial charge < -0.3 is 14.4 Å². The monoisotopic (exact) mass is 957 g/mol. The van der Waals surface area contributed by atoms with Crippen molar-refractivity contribution in [3.8, 4) is 44.8 Å². The van der Waals surface area contributed by atoms with Crippen LogP contribution in [0, 0.1) is 51.8 Å². The third kappa shape index (κ3) is 9.39. The maximum Gasteiger partial charge on any atom is 0.216 e. The fraction of sp³-hybridized carbons (Fsp3) is 0.264. The normalized spacial score (nSPS) is 17.3. The van der Waals surface area contributed by atoms with Crippen molar-refractivity contribution in [1.29, 1.82) is 0 Å². The Morgan fingerprint density at radius 3 is 2.16 bits per heavy atom. The van der Waals surface area contributed by atoms with E-state index in [0.29, 0.717) is 21.9 Å². The van der Waals surface area contributed by atoms with E-state index in [1.165, 1.54) is 60.2 Å². The van der Waals surface area contributed by atoms with E-state index >= 15 is 0 Å². The molecule has 0 atom stereocenters. The van der Waals surface area contributed by atoms with E-state index < -0.39 is 46.0 Å². The van der Waals surface area contributed by atoms with Crippen LogP contribution in [-0.2, 0) is 31.9 Å². The zero-order valence-electron chi connectivity index (χ0n) is 50.0. The molecule has 5 heteroatoms. The number of aryl methyl sites for hydroxylation is 5. The summed E-state index contributed by atoms with van der Waals surface area (Å²) in [6, 6.07) is 31.2. The van der Waals surface area contributed by atoms with Crippen LogP contribution < -0.4 is 0 Å². The molecule has 0 aliphatic heterocycles. The summed E-state index contributed by atoms with van der Waals surface area (Å²) in [5, 5.41) is 1.11. The maximum atomic E-state index is 8.71. The number of fused-ring (bicyclic) bond motifs is 3. The second-order valence-electron chi connectivity index (χ2n) is 15.9. The SMILES string of the molecule is [2H]C([2H])([2H])c1c[c-]c(-c2ccc(C(C)(C)C)cn2)cc1.[2H]C([2H])([2H])c1ccc2c(n1)oc1c(-c3cc(-c4ccc(-c5ccc(C([2H])([2H])C(C)(C)C)cc5C([2H])([2H])[2H])cc4C([2H])([2H])[2H])c(C([2H])([2H])[2H])cn3)[c-]ccc12.[Ir]. The summed E-state index contributed by atoms with van der Waals surface area (Å²) in [6.07, 6.45) is 1.11. The summed E-state index contributed by atoms with van der Waals surface area (Å²) in [5.41, 5.74) is 2.92. The summed E-state index contributed by atoms with van der Waals surface area (Å²) in [4.78, 5) is 13.1. The molecule has 0 saturated heterocycles. The largest absolute Gasteiger partial charge is 0.486 e. The molecule has 0 N–H and O–H groups in total. The summed E-state index contributed by atoms with van der Waals surface area (Å²) >= 11 is 0. The Morgan fingerprint density at radius 1 is 0.672 bits per heavy atom. The van der Waals surface area contributed by atoms with Crippen molar-refractivity contribution in [2.45, 2.75) is 87.6 Å². The van der Waals surface area contributed by atoms with Crippen LogP contribution in [0.3, 0.4) is 0 Å². The van der Waals surface area contributed by atoms with Gasteiger partial charge in [0, 0.05) is 66.9 Å². The Hall–Kier alpha value is -5.22. The van der Waals surface area contributed by atoms with Crippen molar-refractivity contribution in [2.24, 2.45) is 5.41 Å². The van der Waals surface area contributed by atoms with Crippen LogP contribution >= 0.6 is 0 Å². The Kier molecular flexibility index (Phi) is 7.39. The van der Waals surface area contributed by atoms with E-state index in [2.05, 4.69) is 47.9 Å². The average Bonchev–Trinajstić information content (AvgIpc) is 3.68. The molecule has 0 bridgehead atoms. The molecule has 0 aliphatic carbocycles. The van der Waals surface area contributed by atoms with Gasteiger partial charge in [0.25, 0.3) is 0 Å². The van der Waals surface area contributed by atoms with E-state index in [0.717, 1.165) is 17.5 Å². The Balaban J connectivity index is 0.000000365. The van der Waals surface area contributed by atoms with Crippen LogP contribution in [0.2, 0.25) is 0 Å². The van der Waals surface area contributed by atoms with Gasteiger partial charge in [-0.2, -0.15) is 0 Å². The molecule has 0 unspecified atom stereocenters. The van der Waals surface area contributed by atoms with Gasteiger partial charge in [-0.3, -0.25) is 0 Å². The maximum absolute atomic E-state index is 8.71. The van der Waals surface area contributed by atoms with Crippen LogP contribution in [0.15, 0.2) is 114 Å². The minimum atomic E-state index is -2.80. The Labute approximate surface area is 382 Å². The third-order valence-corrected chi connectivity index (χ3v) is 9.34. The predicted octanol–water partition coefficient (Wildman–Crippen LogP) is 14.2. The number of pyridine rings is 3. The minimum Gasteiger partial charge on any atom is -0.486 e. The summed E-state index contributed by atoms with van der Waals surface area (Å²) in [6.45, 7) is -1.24. The molecule has 8 rings (SSSR count). The van der Waals surface area contributed by atoms with Gasteiger partial charge in [0.05, 0.1) is 5.58 Å². The smallest absolute Gasteiger partial charge is 0.216 e. The molecule has 0 amide bonds. The number of nitrogens with zero attached hydrogens (tertiary/aromatic N) is 3. The first-order chi connectivity index (χ1) is 33.9. The first-order valence-corrected chi connectivity index (χ1v) is 18.4. The van der Waals surface area contributed by atoms with Crippen molar-refractivity contribution in [3.63, 3.8) is 0 Å². The summed E-state index contributed by atoms with van der Waals surface area (Å²) in [5.74, 6) is 0. The summed E-state index contributed by atoms with van der Waals surface area (Å²) in [7, 11) is 0. The van der Waals surface area contributed by atoms with Crippen LogP contribution in [0.1, 0.15) is 104 Å². The second-order valence-corrected chi connectivity index (χ2v) is 15.9. The molecular formula is C53H53IrN3O-2. The molecule has 4 heterocycles. The predicted molar refractivity (Wildman–Crippen MR) is 239 cm³/mol. The molecule has 1 radical (unpaired) electrons. The third-order valence-electron chi connectivity index (χ3n) is 9.34. The Morgan fingerprint density at radius 2 is 1.47 bits per heavy atom. The van der Waals surface area contributed by atoms with Gasteiger partial charge in [0.2, 0.25) is 5.71 Å². The van der Waals surface area contributed by atoms with Gasteiger partial charge in [-0.25, -0.2) is 4.98 Å². The molecule has 4 nitrogen and oxygen atoms in total. The van der Waals surface area contributed by atoms with Crippen LogP contribution in [-0.4, -0.2) is 15.0 Å². The second kappa shape index (κ2) is 16.9. The number of rotatable bonds is 5. The number of benzene rings is 4. The van der Waals surface area contributed by atoms with Crippen molar-refractivity contribution in [2.75, 3.05) is 0 Å². The number of furan rings is 1. The number of hydrogen-bond donors (Lipinski definition) is 0. The van der Waals surface area contributed by atoms with E-state index in [-0.39, 0.29) is 92.7 Å². The zero-order valence-corrected chi connectivity index (χ0v) is 35.4. The fourth-order valence-electron chi connectivity index (χ4n) is 6.46. The van der Waals surface area contributed by atoms with E-state index in [1.54, 1.807) is 51.1 Å². The number of aromatic nitrogens is 3. The molecule has 0 fully saturated rings. The van der Waals surface area contributed by atoms with Crippen LogP contribution in [0.25, 0.3) is 66.8 Å². The first-order valence-electron chi connectivity index (χ1n) is 26.9. The number of hydrogen-bond acceptors (Lipinski definition) is 4. The van der Waals surface area contributed by atoms with Gasteiger partial charge in [0.1, 0.15) is 0 Å². The molecular weight excluding hydrogens is 887 g/mol. The summed E-state index contributed by atoms with van der Waals surface area (Å²) < 4.78 is 144. The molecule has 297 valence electrons. The average molecular weight is 957 g/mol.